The van der Waals surface area contributed by atoms with Gasteiger partial charge in [-0.15, -0.1) is 24.8 Å². The van der Waals surface area contributed by atoms with E-state index in [0.717, 1.165) is 50.5 Å². The summed E-state index contributed by atoms with van der Waals surface area (Å²) < 4.78 is 0. The molecule has 1 aromatic rings. The molecule has 1 fully saturated rings. The molecule has 7 heteroatoms. The molecular weight excluding hydrogens is 365 g/mol. The summed E-state index contributed by atoms with van der Waals surface area (Å²) in [5.74, 6) is 2.40. The van der Waals surface area contributed by atoms with E-state index in [-0.39, 0.29) is 30.7 Å². The van der Waals surface area contributed by atoms with E-state index < -0.39 is 0 Å². The van der Waals surface area contributed by atoms with Crippen LogP contribution in [0.15, 0.2) is 24.3 Å². The van der Waals surface area contributed by atoms with Crippen LogP contribution in [0.5, 0.6) is 0 Å². The molecule has 136 valence electrons. The van der Waals surface area contributed by atoms with E-state index >= 15 is 0 Å². The van der Waals surface area contributed by atoms with Crippen molar-refractivity contribution < 1.29 is 4.79 Å². The monoisotopic (exact) mass is 391 g/mol. The van der Waals surface area contributed by atoms with Gasteiger partial charge in [0.2, 0.25) is 5.91 Å². The zero-order chi connectivity index (χ0) is 15.2. The first-order valence-electron chi connectivity index (χ1n) is 8.23. The fourth-order valence-electron chi connectivity index (χ4n) is 3.18. The summed E-state index contributed by atoms with van der Waals surface area (Å²) in [6.07, 6.45) is 2.76. The molecule has 1 saturated heterocycles. The number of fused-ring (bicyclic) bond motifs is 1. The molecule has 2 N–H and O–H groups in total. The van der Waals surface area contributed by atoms with Crippen molar-refractivity contribution in [3.05, 3.63) is 29.8 Å². The van der Waals surface area contributed by atoms with E-state index in [9.17, 15) is 4.79 Å². The molecule has 1 unspecified atom stereocenters. The Morgan fingerprint density at radius 1 is 1.33 bits per heavy atom. The normalized spacial score (nSPS) is 19.0. The zero-order valence-electron chi connectivity index (χ0n) is 13.8. The Bertz CT molecular complexity index is 512. The number of benzene rings is 1. The minimum atomic E-state index is 0. The second kappa shape index (κ2) is 11.1. The van der Waals surface area contributed by atoms with Gasteiger partial charge in [0.15, 0.2) is 0 Å². The maximum Gasteiger partial charge on any atom is 0.221 e. The lowest BCUT2D eigenvalue weighted by molar-refractivity contribution is -0.121. The average Bonchev–Trinajstić information content (AvgIpc) is 2.96. The number of nitrogens with one attached hydrogen (secondary N) is 2. The van der Waals surface area contributed by atoms with Gasteiger partial charge in [-0.2, -0.15) is 11.8 Å². The summed E-state index contributed by atoms with van der Waals surface area (Å²) >= 11 is 1.93. The number of rotatable bonds is 6. The number of carbonyl (C=O) groups is 1. The third kappa shape index (κ3) is 6.03. The number of nitrogens with zero attached hydrogens (tertiary/aromatic N) is 1. The van der Waals surface area contributed by atoms with Gasteiger partial charge in [-0.1, -0.05) is 18.2 Å². The molecule has 4 nitrogen and oxygen atoms in total. The molecule has 0 saturated carbocycles. The van der Waals surface area contributed by atoms with Gasteiger partial charge in [0, 0.05) is 55.8 Å². The van der Waals surface area contributed by atoms with Gasteiger partial charge in [0.05, 0.1) is 0 Å². The lowest BCUT2D eigenvalue weighted by Crippen LogP contribution is -2.41. The maximum absolute atomic E-state index is 11.9. The molecule has 2 aliphatic heterocycles. The van der Waals surface area contributed by atoms with Gasteiger partial charge >= 0.3 is 0 Å². The number of anilines is 1. The van der Waals surface area contributed by atoms with Crippen LogP contribution in [-0.2, 0) is 11.2 Å². The summed E-state index contributed by atoms with van der Waals surface area (Å²) in [6.45, 7) is 3.93. The highest BCUT2D eigenvalue weighted by atomic mass is 35.5. The molecule has 1 aromatic carbocycles. The van der Waals surface area contributed by atoms with Gasteiger partial charge < -0.3 is 15.5 Å². The predicted molar refractivity (Wildman–Crippen MR) is 108 cm³/mol. The van der Waals surface area contributed by atoms with Crippen LogP contribution in [0.1, 0.15) is 18.4 Å². The highest BCUT2D eigenvalue weighted by Gasteiger charge is 2.18. The predicted octanol–water partition coefficient (Wildman–Crippen LogP) is 2.49. The van der Waals surface area contributed by atoms with Crippen molar-refractivity contribution >= 4 is 48.2 Å². The van der Waals surface area contributed by atoms with Crippen molar-refractivity contribution in [1.82, 2.24) is 10.6 Å². The molecule has 24 heavy (non-hydrogen) atoms. The van der Waals surface area contributed by atoms with E-state index in [1.807, 2.05) is 11.8 Å². The largest absolute Gasteiger partial charge is 0.371 e. The molecule has 1 atom stereocenters. The van der Waals surface area contributed by atoms with Crippen LogP contribution in [0.4, 0.5) is 5.69 Å². The van der Waals surface area contributed by atoms with Crippen molar-refractivity contribution in [2.24, 2.45) is 0 Å². The van der Waals surface area contributed by atoms with Gasteiger partial charge in [0.1, 0.15) is 0 Å². The summed E-state index contributed by atoms with van der Waals surface area (Å²) in [5, 5.41) is 6.47. The van der Waals surface area contributed by atoms with Crippen LogP contribution in [-0.4, -0.2) is 49.6 Å². The highest BCUT2D eigenvalue weighted by Crippen LogP contribution is 2.27. The molecule has 1 amide bonds. The number of thioether (sulfide) groups is 1. The average molecular weight is 392 g/mol. The van der Waals surface area contributed by atoms with Crippen LogP contribution in [0.2, 0.25) is 0 Å². The Morgan fingerprint density at radius 2 is 2.17 bits per heavy atom. The van der Waals surface area contributed by atoms with Crippen molar-refractivity contribution in [2.75, 3.05) is 42.6 Å². The van der Waals surface area contributed by atoms with Crippen molar-refractivity contribution in [3.8, 4) is 0 Å². The Hall–Kier alpha value is -0.620. The zero-order valence-corrected chi connectivity index (χ0v) is 16.3. The fourth-order valence-corrected chi connectivity index (χ4v) is 4.13. The molecule has 0 bridgehead atoms. The second-order valence-corrected chi connectivity index (χ2v) is 7.15. The minimum absolute atomic E-state index is 0. The molecule has 2 aliphatic rings. The molecule has 0 spiro atoms. The molecule has 2 heterocycles. The molecule has 0 radical (unpaired) electrons. The molecular formula is C17H27Cl2N3OS. The number of hydrogen-bond acceptors (Lipinski definition) is 4. The number of halogens is 2. The first-order chi connectivity index (χ1) is 10.8. The topological polar surface area (TPSA) is 44.4 Å². The number of carbonyl (C=O) groups excluding carboxylic acids is 1. The lowest BCUT2D eigenvalue weighted by Gasteiger charge is -2.23. The Balaban J connectivity index is 0.00000144. The van der Waals surface area contributed by atoms with Crippen molar-refractivity contribution in [2.45, 2.75) is 25.3 Å². The van der Waals surface area contributed by atoms with Gasteiger partial charge in [-0.25, -0.2) is 0 Å². The highest BCUT2D eigenvalue weighted by molar-refractivity contribution is 7.99. The van der Waals surface area contributed by atoms with E-state index in [4.69, 9.17) is 0 Å². The third-order valence-electron chi connectivity index (χ3n) is 4.34. The fraction of sp³-hybridized carbons (Fsp3) is 0.588. The van der Waals surface area contributed by atoms with Crippen LogP contribution in [0.3, 0.4) is 0 Å². The third-order valence-corrected chi connectivity index (χ3v) is 5.47. The quantitative estimate of drug-likeness (QED) is 0.731. The summed E-state index contributed by atoms with van der Waals surface area (Å²) in [4.78, 5) is 14.4. The first kappa shape index (κ1) is 21.4. The Labute approximate surface area is 161 Å². The van der Waals surface area contributed by atoms with Crippen molar-refractivity contribution in [1.29, 1.82) is 0 Å². The van der Waals surface area contributed by atoms with E-state index in [1.165, 1.54) is 11.3 Å². The standard InChI is InChI=1S/C17H25N3OS.2ClH/c21-17(12-15-13-22-11-8-18-15)19-7-3-9-20-10-6-14-4-1-2-5-16(14)20;;/h1-2,4-5,15,18H,3,6-13H2,(H,19,21);2*1H. The molecule has 3 rings (SSSR count). The number of hydrogen-bond donors (Lipinski definition) is 2. The lowest BCUT2D eigenvalue weighted by atomic mass is 10.2. The molecule has 0 aromatic heterocycles. The van der Waals surface area contributed by atoms with Crippen LogP contribution in [0, 0.1) is 0 Å². The van der Waals surface area contributed by atoms with E-state index in [1.54, 1.807) is 0 Å². The maximum atomic E-state index is 11.9. The summed E-state index contributed by atoms with van der Waals surface area (Å²) in [7, 11) is 0. The van der Waals surface area contributed by atoms with Gasteiger partial charge in [0.25, 0.3) is 0 Å². The van der Waals surface area contributed by atoms with Crippen molar-refractivity contribution in [3.63, 3.8) is 0 Å². The smallest absolute Gasteiger partial charge is 0.221 e. The first-order valence-corrected chi connectivity index (χ1v) is 9.39. The van der Waals surface area contributed by atoms with Crippen LogP contribution >= 0.6 is 36.6 Å². The van der Waals surface area contributed by atoms with Gasteiger partial charge in [-0.05, 0) is 24.5 Å². The Kier molecular flexibility index (Phi) is 9.89. The number of para-hydroxylation sites is 1. The SMILES string of the molecule is Cl.Cl.O=C(CC1CSCCN1)NCCCN1CCc2ccccc21. The number of amides is 1. The second-order valence-electron chi connectivity index (χ2n) is 6.00. The van der Waals surface area contributed by atoms with Crippen LogP contribution < -0.4 is 15.5 Å². The minimum Gasteiger partial charge on any atom is -0.371 e. The van der Waals surface area contributed by atoms with Gasteiger partial charge in [-0.3, -0.25) is 4.79 Å². The van der Waals surface area contributed by atoms with Crippen LogP contribution in [0.25, 0.3) is 0 Å². The Morgan fingerprint density at radius 3 is 2.96 bits per heavy atom. The molecule has 0 aliphatic carbocycles. The van der Waals surface area contributed by atoms with E-state index in [2.05, 4.69) is 39.8 Å². The summed E-state index contributed by atoms with van der Waals surface area (Å²) in [5.41, 5.74) is 2.82. The summed E-state index contributed by atoms with van der Waals surface area (Å²) in [6, 6.07) is 8.98. The van der Waals surface area contributed by atoms with E-state index in [0.29, 0.717) is 12.5 Å².